The first kappa shape index (κ1) is 18.1. The maximum atomic E-state index is 12.8. The van der Waals surface area contributed by atoms with Gasteiger partial charge in [-0.1, -0.05) is 12.1 Å². The highest BCUT2D eigenvalue weighted by Gasteiger charge is 2.12. The Labute approximate surface area is 156 Å². The lowest BCUT2D eigenvalue weighted by atomic mass is 10.1. The molecule has 0 aliphatic heterocycles. The summed E-state index contributed by atoms with van der Waals surface area (Å²) in [5, 5.41) is 9.56. The van der Waals surface area contributed by atoms with Crippen molar-refractivity contribution in [3.63, 3.8) is 0 Å². The van der Waals surface area contributed by atoms with Crippen LogP contribution in [0.5, 0.6) is 5.88 Å². The number of pyridine rings is 2. The Balaban J connectivity index is 2.03. The number of nitrogens with zero attached hydrogens (tertiary/aromatic N) is 4. The fraction of sp³-hybridized carbons (Fsp3) is 0.200. The number of amides is 1. The molecular weight excluding hydrogens is 344 g/mol. The van der Waals surface area contributed by atoms with Crippen LogP contribution in [0.1, 0.15) is 21.5 Å². The fourth-order valence-corrected chi connectivity index (χ4v) is 2.81. The van der Waals surface area contributed by atoms with Gasteiger partial charge in [0.15, 0.2) is 0 Å². The van der Waals surface area contributed by atoms with E-state index in [1.807, 2.05) is 12.1 Å². The number of carbonyl (C=O) groups excluding carboxylic acids is 1. The lowest BCUT2D eigenvalue weighted by Gasteiger charge is -2.12. The molecule has 0 saturated heterocycles. The molecule has 0 aliphatic carbocycles. The van der Waals surface area contributed by atoms with Crippen LogP contribution in [0.25, 0.3) is 10.9 Å². The third-order valence-electron chi connectivity index (χ3n) is 4.17. The summed E-state index contributed by atoms with van der Waals surface area (Å²) in [5.74, 6) is 0.0923. The number of methoxy groups -OCH3 is 1. The normalized spacial score (nSPS) is 10.4. The second-order valence-corrected chi connectivity index (χ2v) is 6.24. The molecule has 0 N–H and O–H groups in total. The van der Waals surface area contributed by atoms with Gasteiger partial charge in [0, 0.05) is 25.9 Å². The van der Waals surface area contributed by atoms with Crippen molar-refractivity contribution in [1.29, 1.82) is 5.26 Å². The topological polar surface area (TPSA) is 88.2 Å². The van der Waals surface area contributed by atoms with Crippen LogP contribution < -0.4 is 10.3 Å². The standard InChI is InChI=1S/C20H18N4O3/c1-23(2)19(25)14-6-4-5-13(9-14)12-24-8-7-17-16(20(24)26)10-15(11-21)18(22-17)27-3/h4-10H,12H2,1-3H3. The third kappa shape index (κ3) is 3.51. The highest BCUT2D eigenvalue weighted by atomic mass is 16.5. The van der Waals surface area contributed by atoms with Crippen LogP contribution in [-0.4, -0.2) is 41.6 Å². The van der Waals surface area contributed by atoms with Crippen LogP contribution in [0, 0.1) is 11.3 Å². The van der Waals surface area contributed by atoms with Crippen LogP contribution in [0.2, 0.25) is 0 Å². The zero-order chi connectivity index (χ0) is 19.6. The monoisotopic (exact) mass is 362 g/mol. The van der Waals surface area contributed by atoms with E-state index in [9.17, 15) is 14.9 Å². The zero-order valence-electron chi connectivity index (χ0n) is 15.3. The molecule has 27 heavy (non-hydrogen) atoms. The second kappa shape index (κ2) is 7.30. The van der Waals surface area contributed by atoms with E-state index in [1.54, 1.807) is 44.6 Å². The molecule has 0 atom stereocenters. The summed E-state index contributed by atoms with van der Waals surface area (Å²) in [6.45, 7) is 0.303. The quantitative estimate of drug-likeness (QED) is 0.708. The minimum atomic E-state index is -0.261. The van der Waals surface area contributed by atoms with Crippen molar-refractivity contribution in [2.45, 2.75) is 6.54 Å². The van der Waals surface area contributed by atoms with Crippen LogP contribution in [0.3, 0.4) is 0 Å². The van der Waals surface area contributed by atoms with Gasteiger partial charge in [-0.3, -0.25) is 9.59 Å². The predicted molar refractivity (Wildman–Crippen MR) is 101 cm³/mol. The van der Waals surface area contributed by atoms with E-state index in [2.05, 4.69) is 4.98 Å². The Morgan fingerprint density at radius 1 is 1.30 bits per heavy atom. The average Bonchev–Trinajstić information content (AvgIpc) is 2.68. The van der Waals surface area contributed by atoms with Crippen molar-refractivity contribution in [1.82, 2.24) is 14.5 Å². The number of nitriles is 1. The Morgan fingerprint density at radius 3 is 2.74 bits per heavy atom. The maximum absolute atomic E-state index is 12.8. The van der Waals surface area contributed by atoms with Crippen LogP contribution in [0.4, 0.5) is 0 Å². The number of carbonyl (C=O) groups is 1. The van der Waals surface area contributed by atoms with E-state index in [4.69, 9.17) is 4.74 Å². The Bertz CT molecular complexity index is 1130. The van der Waals surface area contributed by atoms with Crippen LogP contribution in [-0.2, 0) is 6.54 Å². The van der Waals surface area contributed by atoms with E-state index in [0.29, 0.717) is 23.0 Å². The molecular formula is C20H18N4O3. The van der Waals surface area contributed by atoms with Crippen molar-refractivity contribution in [2.24, 2.45) is 0 Å². The van der Waals surface area contributed by atoms with Gasteiger partial charge in [-0.05, 0) is 29.8 Å². The van der Waals surface area contributed by atoms with E-state index < -0.39 is 0 Å². The molecule has 7 nitrogen and oxygen atoms in total. The van der Waals surface area contributed by atoms with Crippen LogP contribution in [0.15, 0.2) is 47.4 Å². The number of fused-ring (bicyclic) bond motifs is 1. The molecule has 7 heteroatoms. The summed E-state index contributed by atoms with van der Waals surface area (Å²) >= 11 is 0. The van der Waals surface area contributed by atoms with Crippen molar-refractivity contribution in [3.8, 4) is 11.9 Å². The van der Waals surface area contributed by atoms with Gasteiger partial charge in [0.1, 0.15) is 11.6 Å². The van der Waals surface area contributed by atoms with E-state index in [1.165, 1.54) is 22.6 Å². The van der Waals surface area contributed by atoms with Crippen molar-refractivity contribution in [2.75, 3.05) is 21.2 Å². The smallest absolute Gasteiger partial charge is 0.260 e. The van der Waals surface area contributed by atoms with Gasteiger partial charge in [-0.15, -0.1) is 0 Å². The molecule has 0 unspecified atom stereocenters. The maximum Gasteiger partial charge on any atom is 0.260 e. The van der Waals surface area contributed by atoms with E-state index >= 15 is 0 Å². The van der Waals surface area contributed by atoms with Crippen LogP contribution >= 0.6 is 0 Å². The van der Waals surface area contributed by atoms with E-state index in [0.717, 1.165) is 5.56 Å². The first-order valence-electron chi connectivity index (χ1n) is 8.23. The summed E-state index contributed by atoms with van der Waals surface area (Å²) in [6, 6.07) is 12.3. The Hall–Kier alpha value is -3.66. The van der Waals surface area contributed by atoms with Crippen molar-refractivity contribution < 1.29 is 9.53 Å². The predicted octanol–water partition coefficient (Wildman–Crippen LogP) is 2.03. The summed E-state index contributed by atoms with van der Waals surface area (Å²) < 4.78 is 6.61. The molecule has 0 aliphatic rings. The van der Waals surface area contributed by atoms with Gasteiger partial charge in [0.05, 0.1) is 24.6 Å². The summed E-state index contributed by atoms with van der Waals surface area (Å²) in [6.07, 6.45) is 1.64. The number of hydrogen-bond acceptors (Lipinski definition) is 5. The molecule has 0 fully saturated rings. The number of ether oxygens (including phenoxy) is 1. The summed E-state index contributed by atoms with van der Waals surface area (Å²) in [7, 11) is 4.81. The SMILES string of the molecule is COc1nc2ccn(Cc3cccc(C(=O)N(C)C)c3)c(=O)c2cc1C#N. The van der Waals surface area contributed by atoms with Gasteiger partial charge < -0.3 is 14.2 Å². The minimum absolute atomic E-state index is 0.0994. The molecule has 1 amide bonds. The highest BCUT2D eigenvalue weighted by Crippen LogP contribution is 2.19. The molecule has 0 saturated carbocycles. The molecule has 0 spiro atoms. The number of rotatable bonds is 4. The van der Waals surface area contributed by atoms with Gasteiger partial charge in [0.2, 0.25) is 5.88 Å². The lowest BCUT2D eigenvalue weighted by molar-refractivity contribution is 0.0827. The molecule has 136 valence electrons. The first-order chi connectivity index (χ1) is 12.9. The number of hydrogen-bond donors (Lipinski definition) is 0. The molecule has 2 aromatic heterocycles. The first-order valence-corrected chi connectivity index (χ1v) is 8.23. The largest absolute Gasteiger partial charge is 0.480 e. The Kier molecular flexibility index (Phi) is 4.90. The molecule has 2 heterocycles. The van der Waals surface area contributed by atoms with Crippen molar-refractivity contribution >= 4 is 16.8 Å². The Morgan fingerprint density at radius 2 is 2.07 bits per heavy atom. The average molecular weight is 362 g/mol. The highest BCUT2D eigenvalue weighted by molar-refractivity contribution is 5.94. The van der Waals surface area contributed by atoms with E-state index in [-0.39, 0.29) is 22.9 Å². The van der Waals surface area contributed by atoms with Crippen molar-refractivity contribution in [3.05, 3.63) is 69.6 Å². The zero-order valence-corrected chi connectivity index (χ0v) is 15.3. The minimum Gasteiger partial charge on any atom is -0.480 e. The molecule has 1 aromatic carbocycles. The summed E-state index contributed by atoms with van der Waals surface area (Å²) in [4.78, 5) is 30.7. The van der Waals surface area contributed by atoms with Gasteiger partial charge in [-0.2, -0.15) is 5.26 Å². The lowest BCUT2D eigenvalue weighted by Crippen LogP contribution is -2.23. The third-order valence-corrected chi connectivity index (χ3v) is 4.17. The summed E-state index contributed by atoms with van der Waals surface area (Å²) in [5.41, 5.74) is 1.79. The molecule has 0 bridgehead atoms. The molecule has 0 radical (unpaired) electrons. The number of benzene rings is 1. The van der Waals surface area contributed by atoms with Gasteiger partial charge in [0.25, 0.3) is 11.5 Å². The molecule has 3 aromatic rings. The number of aromatic nitrogens is 2. The van der Waals surface area contributed by atoms with Gasteiger partial charge in [-0.25, -0.2) is 4.98 Å². The fourth-order valence-electron chi connectivity index (χ4n) is 2.81. The van der Waals surface area contributed by atoms with Gasteiger partial charge >= 0.3 is 0 Å². The second-order valence-electron chi connectivity index (χ2n) is 6.24. The molecule has 3 rings (SSSR count).